The van der Waals surface area contributed by atoms with Gasteiger partial charge in [-0.05, 0) is 49.9 Å². The summed E-state index contributed by atoms with van der Waals surface area (Å²) in [5.74, 6) is -0.620. The molecule has 1 aromatic carbocycles. The summed E-state index contributed by atoms with van der Waals surface area (Å²) >= 11 is 0. The first kappa shape index (κ1) is 18.0. The van der Waals surface area contributed by atoms with Crippen molar-refractivity contribution in [3.63, 3.8) is 0 Å². The van der Waals surface area contributed by atoms with E-state index in [1.807, 2.05) is 24.4 Å². The molecule has 0 aliphatic heterocycles. The third-order valence-electron chi connectivity index (χ3n) is 5.43. The van der Waals surface area contributed by atoms with Crippen LogP contribution >= 0.6 is 0 Å². The first-order valence-corrected chi connectivity index (χ1v) is 9.16. The average Bonchev–Trinajstić information content (AvgIpc) is 3.25. The van der Waals surface area contributed by atoms with Gasteiger partial charge in [-0.1, -0.05) is 12.1 Å². The zero-order valence-corrected chi connectivity index (χ0v) is 15.4. The fourth-order valence-electron chi connectivity index (χ4n) is 3.85. The summed E-state index contributed by atoms with van der Waals surface area (Å²) in [5.41, 5.74) is 7.78. The van der Waals surface area contributed by atoms with Gasteiger partial charge in [0, 0.05) is 11.8 Å². The number of anilines is 1. The molecule has 1 saturated carbocycles. The Bertz CT molecular complexity index is 1110. The van der Waals surface area contributed by atoms with Crippen LogP contribution in [0, 0.1) is 11.3 Å². The number of carbonyl (C=O) groups excluding carboxylic acids is 1. The summed E-state index contributed by atoms with van der Waals surface area (Å²) < 4.78 is 16.4. The molecule has 28 heavy (non-hydrogen) atoms. The molecule has 1 fully saturated rings. The summed E-state index contributed by atoms with van der Waals surface area (Å²) in [5, 5.41) is 16.6. The largest absolute Gasteiger partial charge is 0.377 e. The number of nitriles is 1. The van der Waals surface area contributed by atoms with E-state index < -0.39 is 17.6 Å². The third-order valence-corrected chi connectivity index (χ3v) is 5.43. The number of hydrogen-bond acceptors (Lipinski definition) is 4. The number of carbonyl (C=O) groups is 1. The van der Waals surface area contributed by atoms with Crippen molar-refractivity contribution in [2.45, 2.75) is 37.9 Å². The number of fused-ring (bicyclic) bond motifs is 1. The van der Waals surface area contributed by atoms with Crippen molar-refractivity contribution in [3.05, 3.63) is 53.9 Å². The number of alkyl halides is 1. The second-order valence-electron chi connectivity index (χ2n) is 7.42. The first-order valence-electron chi connectivity index (χ1n) is 9.16. The molecule has 2 aromatic heterocycles. The van der Waals surface area contributed by atoms with Gasteiger partial charge < -0.3 is 11.1 Å². The van der Waals surface area contributed by atoms with Gasteiger partial charge in [-0.3, -0.25) is 4.79 Å². The second-order valence-corrected chi connectivity index (χ2v) is 7.42. The number of primary amides is 1. The van der Waals surface area contributed by atoms with Gasteiger partial charge in [-0.15, -0.1) is 0 Å². The number of nitrogens with one attached hydrogen (secondary N) is 1. The number of amides is 1. The Morgan fingerprint density at radius 1 is 1.43 bits per heavy atom. The zero-order chi connectivity index (χ0) is 19.9. The van der Waals surface area contributed by atoms with Crippen LogP contribution in [0.1, 0.15) is 42.1 Å². The van der Waals surface area contributed by atoms with E-state index in [4.69, 9.17) is 11.0 Å². The monoisotopic (exact) mass is 377 g/mol. The lowest BCUT2D eigenvalue weighted by atomic mass is 10.0. The molecule has 6 nitrogen and oxygen atoms in total. The topological polar surface area (TPSA) is 96.2 Å². The lowest BCUT2D eigenvalue weighted by molar-refractivity contribution is 0.1000. The SMILES string of the molecule is CC1(F)CCCC1Nc1c(C(N)=O)cnn2cc(-c3cccc(C#N)c3)cc12. The predicted molar refractivity (Wildman–Crippen MR) is 105 cm³/mol. The van der Waals surface area contributed by atoms with Crippen LogP contribution in [0.5, 0.6) is 0 Å². The molecule has 3 N–H and O–H groups in total. The van der Waals surface area contributed by atoms with E-state index in [2.05, 4.69) is 16.5 Å². The second kappa shape index (κ2) is 6.64. The molecule has 7 heteroatoms. The Kier molecular flexibility index (Phi) is 4.27. The molecule has 2 heterocycles. The molecular weight excluding hydrogens is 357 g/mol. The highest BCUT2D eigenvalue weighted by atomic mass is 19.1. The molecule has 0 saturated heterocycles. The van der Waals surface area contributed by atoms with E-state index in [1.165, 1.54) is 6.20 Å². The van der Waals surface area contributed by atoms with Crippen LogP contribution in [-0.4, -0.2) is 27.2 Å². The summed E-state index contributed by atoms with van der Waals surface area (Å²) in [4.78, 5) is 12.0. The minimum absolute atomic E-state index is 0.227. The summed E-state index contributed by atoms with van der Waals surface area (Å²) in [6, 6.07) is 10.8. The third kappa shape index (κ3) is 3.07. The van der Waals surface area contributed by atoms with E-state index >= 15 is 0 Å². The van der Waals surface area contributed by atoms with Gasteiger partial charge in [0.1, 0.15) is 5.67 Å². The predicted octanol–water partition coefficient (Wildman–Crippen LogP) is 3.66. The van der Waals surface area contributed by atoms with Crippen molar-refractivity contribution in [2.75, 3.05) is 5.32 Å². The Labute approximate surface area is 161 Å². The fourth-order valence-corrected chi connectivity index (χ4v) is 3.85. The molecule has 0 spiro atoms. The number of rotatable bonds is 4. The lowest BCUT2D eigenvalue weighted by Crippen LogP contribution is -2.36. The van der Waals surface area contributed by atoms with Gasteiger partial charge in [0.2, 0.25) is 0 Å². The van der Waals surface area contributed by atoms with Gasteiger partial charge in [-0.2, -0.15) is 10.4 Å². The van der Waals surface area contributed by atoms with Gasteiger partial charge in [-0.25, -0.2) is 8.91 Å². The van der Waals surface area contributed by atoms with Crippen molar-refractivity contribution >= 4 is 17.1 Å². The van der Waals surface area contributed by atoms with Crippen LogP contribution in [-0.2, 0) is 0 Å². The van der Waals surface area contributed by atoms with Gasteiger partial charge in [0.05, 0.1) is 40.6 Å². The van der Waals surface area contributed by atoms with E-state index in [9.17, 15) is 9.18 Å². The van der Waals surface area contributed by atoms with Crippen LogP contribution in [0.4, 0.5) is 10.1 Å². The average molecular weight is 377 g/mol. The summed E-state index contributed by atoms with van der Waals surface area (Å²) in [7, 11) is 0. The number of hydrogen-bond donors (Lipinski definition) is 2. The number of benzene rings is 1. The molecule has 2 atom stereocenters. The Morgan fingerprint density at radius 2 is 2.25 bits per heavy atom. The van der Waals surface area contributed by atoms with Crippen molar-refractivity contribution in [1.82, 2.24) is 9.61 Å². The maximum absolute atomic E-state index is 14.8. The van der Waals surface area contributed by atoms with E-state index in [-0.39, 0.29) is 5.56 Å². The standard InChI is InChI=1S/C21H20FN5O/c1-21(22)7-3-6-18(21)26-19-16(20(24)28)11-25-27-12-15(9-17(19)27)14-5-2-4-13(8-14)10-23/h2,4-5,8-9,11-12,18,26H,3,6-7H2,1H3,(H2,24,28). The molecule has 4 rings (SSSR count). The Balaban J connectivity index is 1.84. The van der Waals surface area contributed by atoms with Crippen molar-refractivity contribution in [3.8, 4) is 17.2 Å². The highest BCUT2D eigenvalue weighted by Gasteiger charge is 2.39. The lowest BCUT2D eigenvalue weighted by Gasteiger charge is -2.26. The normalized spacial score (nSPS) is 21.5. The number of aromatic nitrogens is 2. The van der Waals surface area contributed by atoms with E-state index in [1.54, 1.807) is 23.6 Å². The molecule has 0 radical (unpaired) electrons. The van der Waals surface area contributed by atoms with Gasteiger partial charge in [0.25, 0.3) is 5.91 Å². The summed E-state index contributed by atoms with van der Waals surface area (Å²) in [6.07, 6.45) is 5.15. The van der Waals surface area contributed by atoms with Crippen LogP contribution in [0.15, 0.2) is 42.7 Å². The number of halogens is 1. The fraction of sp³-hybridized carbons (Fsp3) is 0.286. The molecule has 1 aliphatic rings. The van der Waals surface area contributed by atoms with Crippen molar-refractivity contribution in [1.29, 1.82) is 5.26 Å². The van der Waals surface area contributed by atoms with Crippen LogP contribution in [0.25, 0.3) is 16.6 Å². The first-order chi connectivity index (χ1) is 13.4. The van der Waals surface area contributed by atoms with Crippen LogP contribution in [0.2, 0.25) is 0 Å². The number of nitrogens with zero attached hydrogens (tertiary/aromatic N) is 3. The van der Waals surface area contributed by atoms with E-state index in [0.717, 1.165) is 17.5 Å². The summed E-state index contributed by atoms with van der Waals surface area (Å²) in [6.45, 7) is 1.58. The quantitative estimate of drug-likeness (QED) is 0.725. The van der Waals surface area contributed by atoms with E-state index in [0.29, 0.717) is 29.6 Å². The minimum Gasteiger partial charge on any atom is -0.377 e. The van der Waals surface area contributed by atoms with Gasteiger partial charge >= 0.3 is 0 Å². The highest BCUT2D eigenvalue weighted by Crippen LogP contribution is 2.37. The van der Waals surface area contributed by atoms with Crippen molar-refractivity contribution in [2.24, 2.45) is 5.73 Å². The van der Waals surface area contributed by atoms with Crippen molar-refractivity contribution < 1.29 is 9.18 Å². The molecule has 1 aliphatic carbocycles. The smallest absolute Gasteiger partial charge is 0.252 e. The minimum atomic E-state index is -1.36. The molecule has 142 valence electrons. The molecule has 1 amide bonds. The maximum atomic E-state index is 14.8. The molecule has 2 unspecified atom stereocenters. The van der Waals surface area contributed by atoms with Gasteiger partial charge in [0.15, 0.2) is 0 Å². The van der Waals surface area contributed by atoms with Crippen LogP contribution in [0.3, 0.4) is 0 Å². The number of nitrogens with two attached hydrogens (primary N) is 1. The Morgan fingerprint density at radius 3 is 2.93 bits per heavy atom. The molecule has 3 aromatic rings. The molecule has 0 bridgehead atoms. The molecular formula is C21H20FN5O. The maximum Gasteiger partial charge on any atom is 0.252 e. The van der Waals surface area contributed by atoms with Crippen LogP contribution < -0.4 is 11.1 Å². The Hall–Kier alpha value is -3.40. The highest BCUT2D eigenvalue weighted by molar-refractivity contribution is 6.02. The zero-order valence-electron chi connectivity index (χ0n) is 15.4.